The standard InChI is InChI=1S/C29H32N2O5S/c1-34-26-16-20(17-27(35-2)29(26)36-3)28-23-11-7-10-22(23)24-18-21(12-13-25(24)31-28)37(32,33)30-15-14-19-8-5-4-6-9-19/h4-10,12-13,16-18,22-23,28,30-31H,11,14-15H2,1-3H3. The molecule has 0 bridgehead atoms. The van der Waals surface area contributed by atoms with Crippen molar-refractivity contribution in [2.45, 2.75) is 29.7 Å². The van der Waals surface area contributed by atoms with Gasteiger partial charge in [-0.25, -0.2) is 13.1 Å². The van der Waals surface area contributed by atoms with Crippen molar-refractivity contribution >= 4 is 15.7 Å². The average Bonchev–Trinajstić information content (AvgIpc) is 3.42. The number of rotatable bonds is 9. The van der Waals surface area contributed by atoms with Gasteiger partial charge < -0.3 is 19.5 Å². The van der Waals surface area contributed by atoms with Crippen LogP contribution in [-0.4, -0.2) is 36.3 Å². The molecule has 3 unspecified atom stereocenters. The van der Waals surface area contributed by atoms with E-state index in [1.54, 1.807) is 27.4 Å². The van der Waals surface area contributed by atoms with Crippen LogP contribution < -0.4 is 24.2 Å². The molecule has 2 N–H and O–H groups in total. The molecule has 1 heterocycles. The number of fused-ring (bicyclic) bond motifs is 3. The second-order valence-electron chi connectivity index (χ2n) is 9.32. The van der Waals surface area contributed by atoms with E-state index < -0.39 is 10.0 Å². The molecule has 0 radical (unpaired) electrons. The fraction of sp³-hybridized carbons (Fsp3) is 0.310. The zero-order valence-corrected chi connectivity index (χ0v) is 22.0. The van der Waals surface area contributed by atoms with Gasteiger partial charge in [0.25, 0.3) is 0 Å². The van der Waals surface area contributed by atoms with Crippen LogP contribution >= 0.6 is 0 Å². The van der Waals surface area contributed by atoms with Crippen LogP contribution in [-0.2, 0) is 16.4 Å². The van der Waals surface area contributed by atoms with Gasteiger partial charge >= 0.3 is 0 Å². The van der Waals surface area contributed by atoms with Crippen molar-refractivity contribution in [1.82, 2.24) is 4.72 Å². The Hall–Kier alpha value is -3.49. The van der Waals surface area contributed by atoms with E-state index in [4.69, 9.17) is 14.2 Å². The molecule has 0 fully saturated rings. The maximum atomic E-state index is 13.1. The van der Waals surface area contributed by atoms with Crippen LogP contribution in [0.3, 0.4) is 0 Å². The van der Waals surface area contributed by atoms with Crippen molar-refractivity contribution in [1.29, 1.82) is 0 Å². The Morgan fingerprint density at radius 1 is 0.946 bits per heavy atom. The van der Waals surface area contributed by atoms with Crippen LogP contribution in [0, 0.1) is 5.92 Å². The Morgan fingerprint density at radius 2 is 1.68 bits per heavy atom. The van der Waals surface area contributed by atoms with E-state index in [0.29, 0.717) is 30.2 Å². The molecule has 1 aliphatic carbocycles. The van der Waals surface area contributed by atoms with Gasteiger partial charge in [0.05, 0.1) is 32.3 Å². The van der Waals surface area contributed by atoms with Crippen molar-refractivity contribution in [2.24, 2.45) is 5.92 Å². The molecule has 0 saturated carbocycles. The molecule has 0 spiro atoms. The predicted octanol–water partition coefficient (Wildman–Crippen LogP) is 5.06. The van der Waals surface area contributed by atoms with Crippen molar-refractivity contribution < 1.29 is 22.6 Å². The first-order chi connectivity index (χ1) is 17.9. The molecule has 0 amide bonds. The zero-order valence-electron chi connectivity index (χ0n) is 21.2. The number of benzene rings is 3. The van der Waals surface area contributed by atoms with Gasteiger partial charge in [-0.15, -0.1) is 0 Å². The summed E-state index contributed by atoms with van der Waals surface area (Å²) in [7, 11) is 1.18. The zero-order chi connectivity index (χ0) is 26.0. The van der Waals surface area contributed by atoms with Crippen molar-refractivity contribution in [3.05, 3.63) is 89.5 Å². The Balaban J connectivity index is 1.41. The second kappa shape index (κ2) is 10.5. The summed E-state index contributed by atoms with van der Waals surface area (Å²) < 4.78 is 45.6. The maximum absolute atomic E-state index is 13.1. The average molecular weight is 521 g/mol. The third kappa shape index (κ3) is 4.91. The van der Waals surface area contributed by atoms with Crippen molar-refractivity contribution in [2.75, 3.05) is 33.2 Å². The predicted molar refractivity (Wildman–Crippen MR) is 144 cm³/mol. The Labute approximate surface area is 218 Å². The highest BCUT2D eigenvalue weighted by Gasteiger charge is 2.39. The SMILES string of the molecule is COc1cc(C2Nc3ccc(S(=O)(=O)NCCc4ccccc4)cc3C3C=CCC32)cc(OC)c1OC. The number of hydrogen-bond donors (Lipinski definition) is 2. The maximum Gasteiger partial charge on any atom is 0.240 e. The lowest BCUT2D eigenvalue weighted by atomic mass is 9.77. The Morgan fingerprint density at radius 3 is 2.35 bits per heavy atom. The van der Waals surface area contributed by atoms with E-state index in [9.17, 15) is 8.42 Å². The van der Waals surface area contributed by atoms with Gasteiger partial charge in [-0.1, -0.05) is 42.5 Å². The van der Waals surface area contributed by atoms with Crippen LogP contribution in [0.15, 0.2) is 77.7 Å². The van der Waals surface area contributed by atoms with Gasteiger partial charge in [0.1, 0.15) is 0 Å². The van der Waals surface area contributed by atoms with Crippen LogP contribution in [0.1, 0.15) is 35.1 Å². The second-order valence-corrected chi connectivity index (χ2v) is 11.1. The number of ether oxygens (including phenoxy) is 3. The fourth-order valence-electron chi connectivity index (χ4n) is 5.41. The summed E-state index contributed by atoms with van der Waals surface area (Å²) in [5.41, 5.74) is 4.04. The highest BCUT2D eigenvalue weighted by molar-refractivity contribution is 7.89. The Bertz CT molecular complexity index is 1380. The molecule has 0 saturated heterocycles. The van der Waals surface area contributed by atoms with Crippen LogP contribution in [0.4, 0.5) is 5.69 Å². The summed E-state index contributed by atoms with van der Waals surface area (Å²) >= 11 is 0. The number of sulfonamides is 1. The first-order valence-corrected chi connectivity index (χ1v) is 13.8. The minimum absolute atomic E-state index is 0.00680. The van der Waals surface area contributed by atoms with E-state index >= 15 is 0 Å². The molecular formula is C29H32N2O5S. The quantitative estimate of drug-likeness (QED) is 0.384. The molecule has 8 heteroatoms. The molecule has 2 aliphatic rings. The highest BCUT2D eigenvalue weighted by atomic mass is 32.2. The largest absolute Gasteiger partial charge is 0.493 e. The van der Waals surface area contributed by atoms with E-state index in [-0.39, 0.29) is 22.8 Å². The Kier molecular flexibility index (Phi) is 7.13. The van der Waals surface area contributed by atoms with Crippen LogP contribution in [0.25, 0.3) is 0 Å². The number of hydrogen-bond acceptors (Lipinski definition) is 6. The first kappa shape index (κ1) is 25.2. The lowest BCUT2D eigenvalue weighted by Gasteiger charge is -2.38. The summed E-state index contributed by atoms with van der Waals surface area (Å²) in [6.45, 7) is 0.344. The molecule has 3 atom stereocenters. The van der Waals surface area contributed by atoms with E-state index in [1.807, 2.05) is 54.6 Å². The fourth-order valence-corrected chi connectivity index (χ4v) is 6.48. The summed E-state index contributed by atoms with van der Waals surface area (Å²) in [4.78, 5) is 0.284. The molecule has 194 valence electrons. The van der Waals surface area contributed by atoms with Gasteiger partial charge in [-0.05, 0) is 65.8 Å². The minimum atomic E-state index is -3.63. The van der Waals surface area contributed by atoms with Gasteiger partial charge in [0, 0.05) is 18.2 Å². The van der Waals surface area contributed by atoms with Crippen molar-refractivity contribution in [3.63, 3.8) is 0 Å². The molecule has 3 aromatic carbocycles. The van der Waals surface area contributed by atoms with Crippen molar-refractivity contribution in [3.8, 4) is 17.2 Å². The third-order valence-corrected chi connectivity index (χ3v) is 8.70. The lowest BCUT2D eigenvalue weighted by Crippen LogP contribution is -2.30. The number of methoxy groups -OCH3 is 3. The summed E-state index contributed by atoms with van der Waals surface area (Å²) in [5, 5.41) is 3.66. The number of anilines is 1. The van der Waals surface area contributed by atoms with Gasteiger partial charge in [-0.2, -0.15) is 0 Å². The molecule has 0 aromatic heterocycles. The molecule has 5 rings (SSSR count). The topological polar surface area (TPSA) is 85.9 Å². The monoisotopic (exact) mass is 520 g/mol. The molecular weight excluding hydrogens is 488 g/mol. The van der Waals surface area contributed by atoms with Crippen LogP contribution in [0.2, 0.25) is 0 Å². The highest BCUT2D eigenvalue weighted by Crippen LogP contribution is 2.52. The first-order valence-electron chi connectivity index (χ1n) is 12.4. The molecule has 1 aliphatic heterocycles. The summed E-state index contributed by atoms with van der Waals surface area (Å²) in [6, 6.07) is 19.2. The number of nitrogens with one attached hydrogen (secondary N) is 2. The third-order valence-electron chi connectivity index (χ3n) is 7.24. The smallest absolute Gasteiger partial charge is 0.240 e. The van der Waals surface area contributed by atoms with Gasteiger partial charge in [-0.3, -0.25) is 0 Å². The van der Waals surface area contributed by atoms with Gasteiger partial charge in [0.2, 0.25) is 15.8 Å². The van der Waals surface area contributed by atoms with E-state index in [1.165, 1.54) is 0 Å². The minimum Gasteiger partial charge on any atom is -0.493 e. The van der Waals surface area contributed by atoms with E-state index in [0.717, 1.165) is 28.8 Å². The van der Waals surface area contributed by atoms with Gasteiger partial charge in [0.15, 0.2) is 11.5 Å². The molecule has 3 aromatic rings. The van der Waals surface area contributed by atoms with Crippen LogP contribution in [0.5, 0.6) is 17.2 Å². The number of allylic oxidation sites excluding steroid dienone is 2. The lowest BCUT2D eigenvalue weighted by molar-refractivity contribution is 0.322. The summed E-state index contributed by atoms with van der Waals surface area (Å²) in [6.07, 6.45) is 5.88. The molecule has 7 nitrogen and oxygen atoms in total. The summed E-state index contributed by atoms with van der Waals surface area (Å²) in [5.74, 6) is 2.09. The van der Waals surface area contributed by atoms with E-state index in [2.05, 4.69) is 22.2 Å². The molecule has 37 heavy (non-hydrogen) atoms. The normalized spacial score (nSPS) is 20.0.